The number of benzene rings is 2. The van der Waals surface area contributed by atoms with Crippen LogP contribution in [-0.4, -0.2) is 20.1 Å². The Hall–Kier alpha value is -2.36. The molecule has 0 radical (unpaired) electrons. The molecule has 1 N–H and O–H groups in total. The zero-order valence-corrected chi connectivity index (χ0v) is 16.8. The molecule has 2 aromatic carbocycles. The molecule has 4 heteroatoms. The topological polar surface area (TPSA) is 50.9 Å². The van der Waals surface area contributed by atoms with Gasteiger partial charge in [0, 0.05) is 0 Å². The van der Waals surface area contributed by atoms with Gasteiger partial charge in [-0.15, -0.1) is 15.0 Å². The summed E-state index contributed by atoms with van der Waals surface area (Å²) in [5.74, 6) is 0.537. The molecule has 3 aromatic rings. The maximum Gasteiger partial charge on any atom is 0.146 e. The molecule has 144 valence electrons. The zero-order valence-electron chi connectivity index (χ0n) is 16.8. The Kier molecular flexibility index (Phi) is 6.49. The van der Waals surface area contributed by atoms with E-state index in [4.69, 9.17) is 0 Å². The van der Waals surface area contributed by atoms with E-state index in [2.05, 4.69) is 37.0 Å². The lowest BCUT2D eigenvalue weighted by Crippen LogP contribution is -2.04. The molecule has 0 aliphatic carbocycles. The van der Waals surface area contributed by atoms with E-state index in [0.29, 0.717) is 5.69 Å². The SMILES string of the molecule is CCCCCCCCc1cc(C(C)C)c(O)c(-n2nc3ccccc3n2)c1. The molecular formula is C23H31N3O. The lowest BCUT2D eigenvalue weighted by atomic mass is 9.96. The number of fused-ring (bicyclic) bond motifs is 1. The molecule has 1 heterocycles. The largest absolute Gasteiger partial charge is 0.505 e. The highest BCUT2D eigenvalue weighted by atomic mass is 16.3. The van der Waals surface area contributed by atoms with E-state index in [0.717, 1.165) is 23.0 Å². The summed E-state index contributed by atoms with van der Waals surface area (Å²) in [5, 5.41) is 20.0. The van der Waals surface area contributed by atoms with Gasteiger partial charge >= 0.3 is 0 Å². The number of aromatic hydroxyl groups is 1. The second-order valence-electron chi connectivity index (χ2n) is 7.70. The second-order valence-corrected chi connectivity index (χ2v) is 7.70. The van der Waals surface area contributed by atoms with Gasteiger partial charge in [-0.05, 0) is 48.1 Å². The molecule has 0 atom stereocenters. The molecule has 0 unspecified atom stereocenters. The van der Waals surface area contributed by atoms with Crippen LogP contribution >= 0.6 is 0 Å². The van der Waals surface area contributed by atoms with Crippen LogP contribution in [0, 0.1) is 0 Å². The minimum Gasteiger partial charge on any atom is -0.505 e. The standard InChI is InChI=1S/C23H31N3O/c1-4-5-6-7-8-9-12-18-15-19(17(2)3)23(27)22(16-18)26-24-20-13-10-11-14-21(20)25-26/h10-11,13-17,27H,4-9,12H2,1-3H3. The van der Waals surface area contributed by atoms with Crippen LogP contribution in [0.2, 0.25) is 0 Å². The summed E-state index contributed by atoms with van der Waals surface area (Å²) in [7, 11) is 0. The van der Waals surface area contributed by atoms with Gasteiger partial charge in [-0.25, -0.2) is 0 Å². The fourth-order valence-electron chi connectivity index (χ4n) is 3.52. The summed E-state index contributed by atoms with van der Waals surface area (Å²) in [4.78, 5) is 1.58. The first kappa shape index (κ1) is 19.4. The summed E-state index contributed by atoms with van der Waals surface area (Å²) in [6.45, 7) is 6.47. The molecule has 0 fully saturated rings. The Morgan fingerprint density at radius 3 is 2.19 bits per heavy atom. The fraction of sp³-hybridized carbons (Fsp3) is 0.478. The van der Waals surface area contributed by atoms with Crippen molar-refractivity contribution in [1.82, 2.24) is 15.0 Å². The number of hydrogen-bond donors (Lipinski definition) is 1. The first-order chi connectivity index (χ1) is 13.1. The van der Waals surface area contributed by atoms with Crippen LogP contribution < -0.4 is 0 Å². The van der Waals surface area contributed by atoms with Crippen LogP contribution in [0.1, 0.15) is 76.3 Å². The van der Waals surface area contributed by atoms with E-state index >= 15 is 0 Å². The summed E-state index contributed by atoms with van der Waals surface area (Å²) < 4.78 is 0. The van der Waals surface area contributed by atoms with Crippen molar-refractivity contribution in [2.24, 2.45) is 0 Å². The van der Waals surface area contributed by atoms with E-state index in [-0.39, 0.29) is 11.7 Å². The van der Waals surface area contributed by atoms with Crippen molar-refractivity contribution < 1.29 is 5.11 Å². The predicted molar refractivity (Wildman–Crippen MR) is 112 cm³/mol. The minimum atomic E-state index is 0.248. The van der Waals surface area contributed by atoms with Crippen LogP contribution in [0.5, 0.6) is 5.75 Å². The van der Waals surface area contributed by atoms with Gasteiger partial charge in [0.25, 0.3) is 0 Å². The van der Waals surface area contributed by atoms with Crippen molar-refractivity contribution in [3.63, 3.8) is 0 Å². The van der Waals surface area contributed by atoms with Crippen molar-refractivity contribution >= 4 is 11.0 Å². The number of aromatic nitrogens is 3. The third-order valence-corrected chi connectivity index (χ3v) is 5.12. The highest BCUT2D eigenvalue weighted by Crippen LogP contribution is 2.33. The molecule has 0 aliphatic rings. The Morgan fingerprint density at radius 1 is 0.926 bits per heavy atom. The maximum absolute atomic E-state index is 10.8. The molecule has 0 bridgehead atoms. The lowest BCUT2D eigenvalue weighted by Gasteiger charge is -2.15. The molecule has 1 aromatic heterocycles. The van der Waals surface area contributed by atoms with Crippen LogP contribution in [0.4, 0.5) is 0 Å². The Labute approximate surface area is 162 Å². The Balaban J connectivity index is 1.85. The lowest BCUT2D eigenvalue weighted by molar-refractivity contribution is 0.457. The Morgan fingerprint density at radius 2 is 1.56 bits per heavy atom. The quantitative estimate of drug-likeness (QED) is 0.462. The highest BCUT2D eigenvalue weighted by Gasteiger charge is 2.16. The molecule has 27 heavy (non-hydrogen) atoms. The smallest absolute Gasteiger partial charge is 0.146 e. The van der Waals surface area contributed by atoms with Crippen LogP contribution in [0.25, 0.3) is 16.7 Å². The summed E-state index contributed by atoms with van der Waals surface area (Å²) >= 11 is 0. The average molecular weight is 366 g/mol. The first-order valence-corrected chi connectivity index (χ1v) is 10.3. The fourth-order valence-corrected chi connectivity index (χ4v) is 3.52. The van der Waals surface area contributed by atoms with Gasteiger partial charge < -0.3 is 5.11 Å². The van der Waals surface area contributed by atoms with Crippen LogP contribution in [0.3, 0.4) is 0 Å². The van der Waals surface area contributed by atoms with Gasteiger partial charge in [-0.3, -0.25) is 0 Å². The van der Waals surface area contributed by atoms with Crippen molar-refractivity contribution in [1.29, 1.82) is 0 Å². The Bertz CT molecular complexity index is 849. The van der Waals surface area contributed by atoms with E-state index in [1.165, 1.54) is 44.1 Å². The number of rotatable bonds is 9. The average Bonchev–Trinajstić information content (AvgIpc) is 3.09. The summed E-state index contributed by atoms with van der Waals surface area (Å²) in [6, 6.07) is 12.0. The molecule has 0 saturated heterocycles. The molecule has 0 saturated carbocycles. The number of unbranched alkanes of at least 4 members (excludes halogenated alkanes) is 5. The number of aryl methyl sites for hydroxylation is 1. The van der Waals surface area contributed by atoms with E-state index in [1.54, 1.807) is 4.80 Å². The van der Waals surface area contributed by atoms with E-state index < -0.39 is 0 Å². The van der Waals surface area contributed by atoms with E-state index in [1.807, 2.05) is 30.3 Å². The van der Waals surface area contributed by atoms with Gasteiger partial charge in [0.05, 0.1) is 0 Å². The van der Waals surface area contributed by atoms with Crippen molar-refractivity contribution in [2.75, 3.05) is 0 Å². The van der Waals surface area contributed by atoms with Gasteiger partial charge in [-0.2, -0.15) is 0 Å². The van der Waals surface area contributed by atoms with Crippen molar-refractivity contribution in [3.05, 3.63) is 47.5 Å². The first-order valence-electron chi connectivity index (χ1n) is 10.3. The minimum absolute atomic E-state index is 0.248. The third kappa shape index (κ3) is 4.68. The van der Waals surface area contributed by atoms with Crippen LogP contribution in [0.15, 0.2) is 36.4 Å². The molecule has 3 rings (SSSR count). The highest BCUT2D eigenvalue weighted by molar-refractivity contribution is 5.73. The zero-order chi connectivity index (χ0) is 19.2. The van der Waals surface area contributed by atoms with Crippen LogP contribution in [-0.2, 0) is 6.42 Å². The van der Waals surface area contributed by atoms with Crippen molar-refractivity contribution in [2.45, 2.75) is 71.6 Å². The number of phenols is 1. The monoisotopic (exact) mass is 365 g/mol. The summed E-state index contributed by atoms with van der Waals surface area (Å²) in [5.41, 5.74) is 4.57. The maximum atomic E-state index is 10.8. The molecule has 4 nitrogen and oxygen atoms in total. The van der Waals surface area contributed by atoms with Crippen molar-refractivity contribution in [3.8, 4) is 11.4 Å². The van der Waals surface area contributed by atoms with Gasteiger partial charge in [0.15, 0.2) is 0 Å². The van der Waals surface area contributed by atoms with Gasteiger partial charge in [0.2, 0.25) is 0 Å². The number of phenolic OH excluding ortho intramolecular Hbond substituents is 1. The molecule has 0 amide bonds. The molecule has 0 aliphatic heterocycles. The summed E-state index contributed by atoms with van der Waals surface area (Å²) in [6.07, 6.45) is 8.72. The molecule has 0 spiro atoms. The predicted octanol–water partition coefficient (Wildman–Crippen LogP) is 6.15. The molecular weight excluding hydrogens is 334 g/mol. The van der Waals surface area contributed by atoms with Gasteiger partial charge in [-0.1, -0.05) is 71.1 Å². The van der Waals surface area contributed by atoms with E-state index in [9.17, 15) is 5.11 Å². The third-order valence-electron chi connectivity index (χ3n) is 5.12. The second kappa shape index (κ2) is 9.03. The normalized spacial score (nSPS) is 11.6. The van der Waals surface area contributed by atoms with Gasteiger partial charge in [0.1, 0.15) is 22.5 Å². The number of hydrogen-bond acceptors (Lipinski definition) is 3. The number of nitrogens with zero attached hydrogens (tertiary/aromatic N) is 3.